The summed E-state index contributed by atoms with van der Waals surface area (Å²) < 4.78 is 6.74. The first-order valence-corrected chi connectivity index (χ1v) is 5.98. The number of imidazole rings is 1. The Kier molecular flexibility index (Phi) is 2.57. The van der Waals surface area contributed by atoms with Gasteiger partial charge in [-0.25, -0.2) is 4.98 Å². The van der Waals surface area contributed by atoms with Gasteiger partial charge in [-0.15, -0.1) is 0 Å². The Morgan fingerprint density at radius 2 is 1.88 bits per heavy atom. The summed E-state index contributed by atoms with van der Waals surface area (Å²) >= 11 is 3.48. The molecule has 2 aromatic carbocycles. The first-order valence-electron chi connectivity index (χ1n) is 5.19. The molecule has 0 aliphatic carbocycles. The van der Waals surface area contributed by atoms with Crippen molar-refractivity contribution in [2.24, 2.45) is 0 Å². The van der Waals surface area contributed by atoms with Crippen molar-refractivity contribution in [1.29, 1.82) is 0 Å². The molecule has 84 valence electrons. The van der Waals surface area contributed by atoms with Gasteiger partial charge in [0.1, 0.15) is 11.3 Å². The van der Waals surface area contributed by atoms with E-state index in [1.807, 2.05) is 42.5 Å². The van der Waals surface area contributed by atoms with Gasteiger partial charge < -0.3 is 9.72 Å². The van der Waals surface area contributed by atoms with E-state index in [0.29, 0.717) is 0 Å². The van der Waals surface area contributed by atoms with Gasteiger partial charge in [-0.1, -0.05) is 18.2 Å². The highest BCUT2D eigenvalue weighted by molar-refractivity contribution is 9.10. The molecule has 1 aromatic heterocycles. The van der Waals surface area contributed by atoms with E-state index in [1.165, 1.54) is 0 Å². The van der Waals surface area contributed by atoms with Gasteiger partial charge >= 0.3 is 0 Å². The fourth-order valence-corrected chi connectivity index (χ4v) is 2.06. The summed E-state index contributed by atoms with van der Waals surface area (Å²) in [7, 11) is 0. The van der Waals surface area contributed by atoms with Crippen LogP contribution in [0, 0.1) is 0 Å². The van der Waals surface area contributed by atoms with Crippen LogP contribution < -0.4 is 4.74 Å². The van der Waals surface area contributed by atoms with E-state index in [1.54, 1.807) is 6.33 Å². The summed E-state index contributed by atoms with van der Waals surface area (Å²) in [5.41, 5.74) is 1.78. The maximum atomic E-state index is 5.85. The van der Waals surface area contributed by atoms with Crippen LogP contribution in [0.5, 0.6) is 11.5 Å². The second-order valence-electron chi connectivity index (χ2n) is 3.59. The molecule has 0 radical (unpaired) electrons. The second-order valence-corrected chi connectivity index (χ2v) is 4.44. The minimum Gasteiger partial charge on any atom is -0.454 e. The predicted molar refractivity (Wildman–Crippen MR) is 70.3 cm³/mol. The normalized spacial score (nSPS) is 10.6. The number of fused-ring (bicyclic) bond motifs is 1. The maximum absolute atomic E-state index is 5.85. The zero-order chi connectivity index (χ0) is 11.7. The number of nitrogens with one attached hydrogen (secondary N) is 1. The standard InChI is InChI=1S/C13H9BrN2O/c14-10-6-7-11-12(16-8-15-11)13(10)17-9-4-2-1-3-5-9/h1-8H,(H,15,16). The molecule has 0 aliphatic heterocycles. The topological polar surface area (TPSA) is 37.9 Å². The fraction of sp³-hybridized carbons (Fsp3) is 0. The lowest BCUT2D eigenvalue weighted by atomic mass is 10.3. The van der Waals surface area contributed by atoms with Crippen LogP contribution in [0.15, 0.2) is 53.3 Å². The van der Waals surface area contributed by atoms with Crippen molar-refractivity contribution < 1.29 is 4.74 Å². The Bertz CT molecular complexity index is 649. The van der Waals surface area contributed by atoms with Gasteiger partial charge in [0, 0.05) is 0 Å². The molecule has 3 aromatic rings. The molecule has 1 N–H and O–H groups in total. The Balaban J connectivity index is 2.10. The highest BCUT2D eigenvalue weighted by Gasteiger charge is 2.10. The molecule has 0 saturated heterocycles. The smallest absolute Gasteiger partial charge is 0.169 e. The lowest BCUT2D eigenvalue weighted by Gasteiger charge is -2.07. The molecular formula is C13H9BrN2O. The molecule has 0 atom stereocenters. The number of H-pyrrole nitrogens is 1. The van der Waals surface area contributed by atoms with Crippen molar-refractivity contribution in [2.45, 2.75) is 0 Å². The van der Waals surface area contributed by atoms with Crippen molar-refractivity contribution in [3.05, 3.63) is 53.3 Å². The lowest BCUT2D eigenvalue weighted by molar-refractivity contribution is 0.484. The molecule has 0 unspecified atom stereocenters. The summed E-state index contributed by atoms with van der Waals surface area (Å²) in [6, 6.07) is 13.6. The van der Waals surface area contributed by atoms with Crippen LogP contribution >= 0.6 is 15.9 Å². The molecule has 0 aliphatic rings. The number of halogens is 1. The van der Waals surface area contributed by atoms with Gasteiger partial charge in [0.25, 0.3) is 0 Å². The van der Waals surface area contributed by atoms with Gasteiger partial charge in [0.2, 0.25) is 0 Å². The van der Waals surface area contributed by atoms with Gasteiger partial charge in [-0.3, -0.25) is 0 Å². The first-order chi connectivity index (χ1) is 8.34. The number of hydrogen-bond acceptors (Lipinski definition) is 2. The fourth-order valence-electron chi connectivity index (χ4n) is 1.66. The molecule has 0 bridgehead atoms. The Hall–Kier alpha value is -1.81. The quantitative estimate of drug-likeness (QED) is 0.770. The SMILES string of the molecule is Brc1ccc2[nH]cnc2c1Oc1ccccc1. The van der Waals surface area contributed by atoms with E-state index < -0.39 is 0 Å². The zero-order valence-corrected chi connectivity index (χ0v) is 10.4. The summed E-state index contributed by atoms with van der Waals surface area (Å²) in [6.07, 6.45) is 1.66. The van der Waals surface area contributed by atoms with E-state index in [-0.39, 0.29) is 0 Å². The maximum Gasteiger partial charge on any atom is 0.169 e. The molecule has 0 saturated carbocycles. The number of para-hydroxylation sites is 1. The molecule has 3 nitrogen and oxygen atoms in total. The average molecular weight is 289 g/mol. The number of benzene rings is 2. The zero-order valence-electron chi connectivity index (χ0n) is 8.85. The van der Waals surface area contributed by atoms with Crippen molar-refractivity contribution in [2.75, 3.05) is 0 Å². The predicted octanol–water partition coefficient (Wildman–Crippen LogP) is 4.12. The third kappa shape index (κ3) is 1.91. The largest absolute Gasteiger partial charge is 0.454 e. The van der Waals surface area contributed by atoms with Crippen molar-refractivity contribution >= 4 is 27.0 Å². The average Bonchev–Trinajstić information content (AvgIpc) is 2.83. The Morgan fingerprint density at radius 3 is 2.71 bits per heavy atom. The van der Waals surface area contributed by atoms with Crippen LogP contribution in [0.3, 0.4) is 0 Å². The van der Waals surface area contributed by atoms with Crippen LogP contribution in [-0.4, -0.2) is 9.97 Å². The van der Waals surface area contributed by atoms with E-state index in [0.717, 1.165) is 27.0 Å². The number of hydrogen-bond donors (Lipinski definition) is 1. The molecule has 0 amide bonds. The minimum atomic E-state index is 0.731. The van der Waals surface area contributed by atoms with Crippen LogP contribution in [-0.2, 0) is 0 Å². The number of aromatic nitrogens is 2. The number of nitrogens with zero attached hydrogens (tertiary/aromatic N) is 1. The minimum absolute atomic E-state index is 0.731. The van der Waals surface area contributed by atoms with Crippen LogP contribution in [0.2, 0.25) is 0 Å². The molecule has 0 spiro atoms. The van der Waals surface area contributed by atoms with Crippen molar-refractivity contribution in [3.8, 4) is 11.5 Å². The highest BCUT2D eigenvalue weighted by atomic mass is 79.9. The third-order valence-electron chi connectivity index (χ3n) is 2.46. The monoisotopic (exact) mass is 288 g/mol. The summed E-state index contributed by atoms with van der Waals surface area (Å²) in [5, 5.41) is 0. The summed E-state index contributed by atoms with van der Waals surface area (Å²) in [6.45, 7) is 0. The third-order valence-corrected chi connectivity index (χ3v) is 3.08. The van der Waals surface area contributed by atoms with E-state index in [2.05, 4.69) is 25.9 Å². The summed E-state index contributed by atoms with van der Waals surface area (Å²) in [5.74, 6) is 1.53. The molecule has 4 heteroatoms. The Morgan fingerprint density at radius 1 is 1.06 bits per heavy atom. The molecule has 0 fully saturated rings. The highest BCUT2D eigenvalue weighted by Crippen LogP contribution is 2.35. The van der Waals surface area contributed by atoms with Crippen LogP contribution in [0.4, 0.5) is 0 Å². The number of aromatic amines is 1. The van der Waals surface area contributed by atoms with Crippen LogP contribution in [0.1, 0.15) is 0 Å². The van der Waals surface area contributed by atoms with E-state index >= 15 is 0 Å². The number of rotatable bonds is 2. The second kappa shape index (κ2) is 4.22. The molecule has 17 heavy (non-hydrogen) atoms. The lowest BCUT2D eigenvalue weighted by Crippen LogP contribution is -1.86. The first kappa shape index (κ1) is 10.4. The van der Waals surface area contributed by atoms with E-state index in [4.69, 9.17) is 4.74 Å². The van der Waals surface area contributed by atoms with Crippen molar-refractivity contribution in [3.63, 3.8) is 0 Å². The van der Waals surface area contributed by atoms with Crippen LogP contribution in [0.25, 0.3) is 11.0 Å². The Labute approximate surface area is 107 Å². The van der Waals surface area contributed by atoms with Gasteiger partial charge in [0.05, 0.1) is 16.3 Å². The molecular weight excluding hydrogens is 280 g/mol. The molecule has 1 heterocycles. The van der Waals surface area contributed by atoms with Gasteiger partial charge in [-0.05, 0) is 40.2 Å². The van der Waals surface area contributed by atoms with Gasteiger partial charge in [0.15, 0.2) is 5.75 Å². The molecule has 3 rings (SSSR count). The van der Waals surface area contributed by atoms with E-state index in [9.17, 15) is 0 Å². The van der Waals surface area contributed by atoms with Crippen molar-refractivity contribution in [1.82, 2.24) is 9.97 Å². The summed E-state index contributed by atoms with van der Waals surface area (Å²) in [4.78, 5) is 7.33. The van der Waals surface area contributed by atoms with Gasteiger partial charge in [-0.2, -0.15) is 0 Å². The number of ether oxygens (including phenoxy) is 1.